The minimum atomic E-state index is -1.10. The molecule has 5 nitrogen and oxygen atoms in total. The first-order chi connectivity index (χ1) is 10.5. The molecule has 1 saturated carbocycles. The lowest BCUT2D eigenvalue weighted by molar-refractivity contribution is -0.158. The number of benzene rings is 1. The van der Waals surface area contributed by atoms with Crippen molar-refractivity contribution in [2.75, 3.05) is 19.8 Å². The van der Waals surface area contributed by atoms with Crippen LogP contribution in [0.4, 0.5) is 8.78 Å². The molecule has 0 spiro atoms. The maximum absolute atomic E-state index is 13.3. The van der Waals surface area contributed by atoms with Crippen molar-refractivity contribution in [3.8, 4) is 0 Å². The maximum Gasteiger partial charge on any atom is 0.328 e. The number of rotatable bonds is 3. The van der Waals surface area contributed by atoms with Crippen molar-refractivity contribution in [3.05, 3.63) is 35.4 Å². The second kappa shape index (κ2) is 5.64. The van der Waals surface area contributed by atoms with Gasteiger partial charge in [0.25, 0.3) is 0 Å². The van der Waals surface area contributed by atoms with Crippen molar-refractivity contribution in [2.24, 2.45) is 5.92 Å². The zero-order valence-electron chi connectivity index (χ0n) is 11.7. The van der Waals surface area contributed by atoms with Gasteiger partial charge in [-0.25, -0.2) is 13.6 Å². The molecular weight excluding hydrogens is 296 g/mol. The number of carbonyl (C=O) groups is 2. The molecular formula is C15H15F2NO4. The summed E-state index contributed by atoms with van der Waals surface area (Å²) in [6.45, 7) is 0.512. The molecule has 118 valence electrons. The lowest BCUT2D eigenvalue weighted by Crippen LogP contribution is -2.53. The average Bonchev–Trinajstić information content (AvgIpc) is 3.30. The molecule has 22 heavy (non-hydrogen) atoms. The van der Waals surface area contributed by atoms with Gasteiger partial charge in [-0.3, -0.25) is 4.79 Å². The van der Waals surface area contributed by atoms with Gasteiger partial charge in [-0.05, 0) is 30.0 Å². The molecule has 0 bridgehead atoms. The summed E-state index contributed by atoms with van der Waals surface area (Å²) in [5.74, 6) is -3.77. The van der Waals surface area contributed by atoms with Crippen LogP contribution < -0.4 is 0 Å². The number of hydrogen-bond acceptors (Lipinski definition) is 3. The molecule has 1 aliphatic heterocycles. The van der Waals surface area contributed by atoms with Crippen LogP contribution >= 0.6 is 0 Å². The fourth-order valence-electron chi connectivity index (χ4n) is 2.86. The monoisotopic (exact) mass is 311 g/mol. The van der Waals surface area contributed by atoms with E-state index >= 15 is 0 Å². The molecule has 1 saturated heterocycles. The van der Waals surface area contributed by atoms with E-state index in [4.69, 9.17) is 9.84 Å². The number of halogens is 2. The van der Waals surface area contributed by atoms with Crippen LogP contribution in [-0.4, -0.2) is 47.7 Å². The largest absolute Gasteiger partial charge is 0.480 e. The van der Waals surface area contributed by atoms with Gasteiger partial charge in [0.2, 0.25) is 5.91 Å². The highest BCUT2D eigenvalue weighted by atomic mass is 19.2. The average molecular weight is 311 g/mol. The minimum absolute atomic E-state index is 0.0242. The molecule has 3 rings (SSSR count). The minimum Gasteiger partial charge on any atom is -0.480 e. The standard InChI is InChI=1S/C15H15F2NO4/c16-11-2-1-8(5-12(11)17)9-6-10(9)14(19)18-3-4-22-7-13(18)15(20)21/h1-2,5,9-10,13H,3-4,6-7H2,(H,20,21). The Morgan fingerprint density at radius 3 is 2.73 bits per heavy atom. The Balaban J connectivity index is 1.71. The molecule has 1 aromatic rings. The summed E-state index contributed by atoms with van der Waals surface area (Å²) in [6.07, 6.45) is 0.521. The molecule has 3 atom stereocenters. The molecule has 7 heteroatoms. The van der Waals surface area contributed by atoms with Gasteiger partial charge in [-0.1, -0.05) is 6.07 Å². The van der Waals surface area contributed by atoms with Crippen molar-refractivity contribution in [3.63, 3.8) is 0 Å². The molecule has 3 unspecified atom stereocenters. The number of aliphatic carboxylic acids is 1. The Bertz CT molecular complexity index is 622. The van der Waals surface area contributed by atoms with E-state index in [0.29, 0.717) is 18.6 Å². The van der Waals surface area contributed by atoms with Gasteiger partial charge < -0.3 is 14.7 Å². The van der Waals surface area contributed by atoms with Gasteiger partial charge in [0, 0.05) is 12.5 Å². The molecule has 0 aromatic heterocycles. The summed E-state index contributed by atoms with van der Waals surface area (Å²) in [5.41, 5.74) is 0.567. The first-order valence-electron chi connectivity index (χ1n) is 7.05. The summed E-state index contributed by atoms with van der Waals surface area (Å²) < 4.78 is 31.3. The van der Waals surface area contributed by atoms with Crippen molar-refractivity contribution in [2.45, 2.75) is 18.4 Å². The van der Waals surface area contributed by atoms with Crippen LogP contribution in [0.1, 0.15) is 17.9 Å². The molecule has 2 aliphatic rings. The van der Waals surface area contributed by atoms with Crippen molar-refractivity contribution < 1.29 is 28.2 Å². The van der Waals surface area contributed by atoms with Crippen LogP contribution in [0.5, 0.6) is 0 Å². The summed E-state index contributed by atoms with van der Waals surface area (Å²) >= 11 is 0. The zero-order valence-corrected chi connectivity index (χ0v) is 11.7. The molecule has 1 amide bonds. The summed E-state index contributed by atoms with van der Waals surface area (Å²) in [6, 6.07) is 2.62. The Morgan fingerprint density at radius 2 is 2.05 bits per heavy atom. The third-order valence-corrected chi connectivity index (χ3v) is 4.18. The van der Waals surface area contributed by atoms with Crippen LogP contribution in [0.15, 0.2) is 18.2 Å². The number of morpholine rings is 1. The lowest BCUT2D eigenvalue weighted by atomic mass is 10.1. The van der Waals surface area contributed by atoms with Crippen LogP contribution in [0.2, 0.25) is 0 Å². The first kappa shape index (κ1) is 14.9. The molecule has 1 aromatic carbocycles. The number of carbonyl (C=O) groups excluding carboxylic acids is 1. The fraction of sp³-hybridized carbons (Fsp3) is 0.467. The van der Waals surface area contributed by atoms with Crippen LogP contribution in [0.25, 0.3) is 0 Å². The zero-order chi connectivity index (χ0) is 15.9. The van der Waals surface area contributed by atoms with E-state index in [9.17, 15) is 18.4 Å². The van der Waals surface area contributed by atoms with E-state index in [0.717, 1.165) is 12.1 Å². The highest BCUT2D eigenvalue weighted by Crippen LogP contribution is 2.49. The summed E-state index contributed by atoms with van der Waals surface area (Å²) in [7, 11) is 0. The van der Waals surface area contributed by atoms with Gasteiger partial charge in [0.1, 0.15) is 0 Å². The second-order valence-electron chi connectivity index (χ2n) is 5.58. The van der Waals surface area contributed by atoms with Gasteiger partial charge in [-0.15, -0.1) is 0 Å². The van der Waals surface area contributed by atoms with Crippen molar-refractivity contribution in [1.29, 1.82) is 0 Å². The van der Waals surface area contributed by atoms with Crippen LogP contribution in [0, 0.1) is 17.6 Å². The van der Waals surface area contributed by atoms with Gasteiger partial charge >= 0.3 is 5.97 Å². The molecule has 2 fully saturated rings. The smallest absolute Gasteiger partial charge is 0.328 e. The Hall–Kier alpha value is -2.02. The fourth-order valence-corrected chi connectivity index (χ4v) is 2.86. The predicted molar refractivity (Wildman–Crippen MR) is 71.2 cm³/mol. The van der Waals surface area contributed by atoms with Crippen LogP contribution in [-0.2, 0) is 14.3 Å². The maximum atomic E-state index is 13.3. The Morgan fingerprint density at radius 1 is 1.27 bits per heavy atom. The van der Waals surface area contributed by atoms with Crippen molar-refractivity contribution >= 4 is 11.9 Å². The number of amides is 1. The van der Waals surface area contributed by atoms with E-state index < -0.39 is 23.6 Å². The quantitative estimate of drug-likeness (QED) is 0.916. The predicted octanol–water partition coefficient (Wildman–Crippen LogP) is 1.38. The third-order valence-electron chi connectivity index (χ3n) is 4.18. The molecule has 1 heterocycles. The van der Waals surface area contributed by atoms with Crippen LogP contribution in [0.3, 0.4) is 0 Å². The Labute approximate surface area is 125 Å². The Kier molecular flexibility index (Phi) is 3.82. The third kappa shape index (κ3) is 2.68. The number of carboxylic acid groups (broad SMARTS) is 1. The number of hydrogen-bond donors (Lipinski definition) is 1. The highest BCUT2D eigenvalue weighted by Gasteiger charge is 2.48. The number of ether oxygens (including phenoxy) is 1. The number of nitrogens with zero attached hydrogens (tertiary/aromatic N) is 1. The highest BCUT2D eigenvalue weighted by molar-refractivity contribution is 5.88. The second-order valence-corrected chi connectivity index (χ2v) is 5.58. The first-order valence-corrected chi connectivity index (χ1v) is 7.05. The number of carboxylic acids is 1. The van der Waals surface area contributed by atoms with E-state index in [1.165, 1.54) is 11.0 Å². The molecule has 1 aliphatic carbocycles. The summed E-state index contributed by atoms with van der Waals surface area (Å²) in [4.78, 5) is 24.9. The topological polar surface area (TPSA) is 66.8 Å². The molecule has 0 radical (unpaired) electrons. The van der Waals surface area contributed by atoms with Gasteiger partial charge in [0.05, 0.1) is 13.2 Å². The lowest BCUT2D eigenvalue weighted by Gasteiger charge is -2.33. The normalized spacial score (nSPS) is 27.5. The van der Waals surface area contributed by atoms with Gasteiger partial charge in [0.15, 0.2) is 17.7 Å². The SMILES string of the molecule is O=C(O)C1COCCN1C(=O)C1CC1c1ccc(F)c(F)c1. The molecule has 1 N–H and O–H groups in total. The van der Waals surface area contributed by atoms with E-state index in [2.05, 4.69) is 0 Å². The van der Waals surface area contributed by atoms with Gasteiger partial charge in [-0.2, -0.15) is 0 Å². The summed E-state index contributed by atoms with van der Waals surface area (Å²) in [5, 5.41) is 9.14. The van der Waals surface area contributed by atoms with E-state index in [1.54, 1.807) is 0 Å². The van der Waals surface area contributed by atoms with E-state index in [-0.39, 0.29) is 30.9 Å². The van der Waals surface area contributed by atoms with E-state index in [1.807, 2.05) is 0 Å². The van der Waals surface area contributed by atoms with Crippen molar-refractivity contribution in [1.82, 2.24) is 4.90 Å².